The predicted octanol–water partition coefficient (Wildman–Crippen LogP) is 4.57. The maximum Gasteiger partial charge on any atom is 0.481 e. The van der Waals surface area contributed by atoms with Crippen LogP contribution in [-0.2, 0) is 25.3 Å². The fraction of sp³-hybridized carbons (Fsp3) is 0.727. The van der Waals surface area contributed by atoms with Gasteiger partial charge in [-0.3, -0.25) is 9.59 Å². The zero-order valence-electron chi connectivity index (χ0n) is 27.8. The second kappa shape index (κ2) is 14.6. The number of Topliss-reactive ketones (excluding diaryl/α,β-unsaturated/α-hetero) is 1. The molecular weight excluding hydrogens is 573 g/mol. The summed E-state index contributed by atoms with van der Waals surface area (Å²) < 4.78 is 13.3. The molecule has 1 aliphatic heterocycles. The van der Waals surface area contributed by atoms with Gasteiger partial charge in [0.2, 0.25) is 5.91 Å². The van der Waals surface area contributed by atoms with Crippen LogP contribution in [0.1, 0.15) is 97.1 Å². The van der Waals surface area contributed by atoms with E-state index >= 15 is 0 Å². The Kier molecular flexibility index (Phi) is 11.3. The van der Waals surface area contributed by atoms with Crippen LogP contribution >= 0.6 is 0 Å². The number of nitrogens with two attached hydrogens (primary N) is 1. The molecule has 4 N–H and O–H groups in total. The van der Waals surface area contributed by atoms with Gasteiger partial charge in [0.05, 0.1) is 17.6 Å². The maximum atomic E-state index is 13.9. The Labute approximate surface area is 268 Å². The number of amides is 1. The summed E-state index contributed by atoms with van der Waals surface area (Å²) in [5.41, 5.74) is 9.59. The summed E-state index contributed by atoms with van der Waals surface area (Å²) in [4.78, 5) is 41.6. The van der Waals surface area contributed by atoms with E-state index in [-0.39, 0.29) is 59.6 Å². The largest absolute Gasteiger partial charge is 0.481 e. The van der Waals surface area contributed by atoms with Crippen molar-refractivity contribution in [3.8, 4) is 0 Å². The normalized spacial score (nSPS) is 26.5. The highest BCUT2D eigenvalue weighted by Gasteiger charge is 2.68. The van der Waals surface area contributed by atoms with Crippen molar-refractivity contribution in [3.63, 3.8) is 0 Å². The van der Waals surface area contributed by atoms with Crippen LogP contribution in [-0.4, -0.2) is 54.0 Å². The Morgan fingerprint density at radius 1 is 1.18 bits per heavy atom. The van der Waals surface area contributed by atoms with E-state index in [0.717, 1.165) is 19.3 Å². The molecule has 0 unspecified atom stereocenters. The molecular formula is C33H52BN5O6. The van der Waals surface area contributed by atoms with Crippen LogP contribution in [0, 0.1) is 46.1 Å². The van der Waals surface area contributed by atoms with Crippen molar-refractivity contribution in [2.45, 2.75) is 117 Å². The summed E-state index contributed by atoms with van der Waals surface area (Å²) in [6.07, 6.45) is 5.65. The number of nitrogens with zero attached hydrogens (tertiary/aromatic N) is 2. The van der Waals surface area contributed by atoms with Crippen LogP contribution in [0.25, 0.3) is 0 Å². The van der Waals surface area contributed by atoms with Crippen molar-refractivity contribution in [2.24, 2.45) is 39.8 Å². The number of benzene rings is 1. The van der Waals surface area contributed by atoms with E-state index in [1.807, 2.05) is 12.3 Å². The Bertz CT molecular complexity index is 1240. The minimum atomic E-state index is -0.771. The third-order valence-corrected chi connectivity index (χ3v) is 10.4. The Morgan fingerprint density at radius 2 is 1.89 bits per heavy atom. The molecule has 1 aromatic rings. The number of carbonyl (C=O) groups is 2. The van der Waals surface area contributed by atoms with Gasteiger partial charge in [0.15, 0.2) is 5.03 Å². The number of hydrogen-bond acceptors (Lipinski definition) is 7. The van der Waals surface area contributed by atoms with Crippen molar-refractivity contribution in [1.29, 1.82) is 0 Å². The second-order valence-corrected chi connectivity index (χ2v) is 14.6. The molecule has 3 aliphatic carbocycles. The molecule has 0 aromatic heterocycles. The van der Waals surface area contributed by atoms with Crippen LogP contribution < -0.4 is 16.5 Å². The van der Waals surface area contributed by atoms with Gasteiger partial charge >= 0.3 is 7.12 Å². The molecule has 0 spiro atoms. The summed E-state index contributed by atoms with van der Waals surface area (Å²) in [5.74, 6) is -0.0563. The summed E-state index contributed by atoms with van der Waals surface area (Å²) in [5, 5.41) is 13.1. The Morgan fingerprint density at radius 3 is 2.53 bits per heavy atom. The average molecular weight is 626 g/mol. The lowest BCUT2D eigenvalue weighted by molar-refractivity contribution is -0.525. The van der Waals surface area contributed by atoms with Gasteiger partial charge in [0.1, 0.15) is 5.78 Å². The van der Waals surface area contributed by atoms with Gasteiger partial charge in [-0.05, 0) is 87.5 Å². The molecule has 1 amide bonds. The molecule has 45 heavy (non-hydrogen) atoms. The van der Waals surface area contributed by atoms with Gasteiger partial charge in [-0.2, -0.15) is 0 Å². The van der Waals surface area contributed by atoms with Gasteiger partial charge < -0.3 is 20.4 Å². The van der Waals surface area contributed by atoms with E-state index < -0.39 is 18.1 Å². The zero-order chi connectivity index (χ0) is 32.9. The van der Waals surface area contributed by atoms with Crippen molar-refractivity contribution < 1.29 is 23.9 Å². The highest BCUT2D eigenvalue weighted by atomic mass is 16.7. The number of aliphatic imine (C=N–C) groups is 1. The quantitative estimate of drug-likeness (QED) is 0.0602. The van der Waals surface area contributed by atoms with Gasteiger partial charge in [-0.15, -0.1) is 0 Å². The molecule has 0 radical (unpaired) electrons. The van der Waals surface area contributed by atoms with Crippen LogP contribution in [0.5, 0.6) is 0 Å². The highest BCUT2D eigenvalue weighted by Crippen LogP contribution is 2.65. The van der Waals surface area contributed by atoms with Crippen molar-refractivity contribution >= 4 is 24.8 Å². The molecule has 12 heteroatoms. The predicted molar refractivity (Wildman–Crippen MR) is 175 cm³/mol. The minimum absolute atomic E-state index is 0.00726. The minimum Gasteiger partial charge on any atom is -0.404 e. The van der Waals surface area contributed by atoms with Crippen molar-refractivity contribution in [1.82, 2.24) is 10.7 Å². The van der Waals surface area contributed by atoms with Crippen molar-refractivity contribution in [2.75, 3.05) is 6.54 Å². The lowest BCUT2D eigenvalue weighted by atomic mass is 9.43. The van der Waals surface area contributed by atoms with Gasteiger partial charge in [-0.25, -0.2) is 15.1 Å². The maximum absolute atomic E-state index is 13.9. The molecule has 6 atom stereocenters. The monoisotopic (exact) mass is 625 g/mol. The fourth-order valence-electron chi connectivity index (χ4n) is 7.73. The first kappa shape index (κ1) is 34.9. The van der Waals surface area contributed by atoms with E-state index in [9.17, 15) is 19.7 Å². The molecule has 11 nitrogen and oxygen atoms in total. The van der Waals surface area contributed by atoms with E-state index in [1.54, 1.807) is 0 Å². The first-order valence-electron chi connectivity index (χ1n) is 16.6. The number of ketones is 1. The van der Waals surface area contributed by atoms with Crippen LogP contribution in [0.3, 0.4) is 0 Å². The van der Waals surface area contributed by atoms with Gasteiger partial charge in [0.25, 0.3) is 5.96 Å². The molecule has 2 bridgehead atoms. The van der Waals surface area contributed by atoms with E-state index in [2.05, 4.69) is 69.2 Å². The molecule has 1 saturated heterocycles. The summed E-state index contributed by atoms with van der Waals surface area (Å²) in [7, 11) is -0.551. The number of nitrogens with one attached hydrogen (secondary N) is 2. The third-order valence-electron chi connectivity index (χ3n) is 10.4. The summed E-state index contributed by atoms with van der Waals surface area (Å²) >= 11 is 0. The number of nitro groups is 1. The Balaban J connectivity index is 1.40. The molecule has 1 heterocycles. The van der Waals surface area contributed by atoms with Crippen molar-refractivity contribution in [3.05, 3.63) is 45.5 Å². The molecule has 3 saturated carbocycles. The highest BCUT2D eigenvalue weighted by molar-refractivity contribution is 6.47. The van der Waals surface area contributed by atoms with E-state index in [0.29, 0.717) is 43.9 Å². The first-order chi connectivity index (χ1) is 21.2. The first-order valence-corrected chi connectivity index (χ1v) is 16.6. The number of hydrogen-bond donors (Lipinski definition) is 3. The van der Waals surface area contributed by atoms with E-state index in [4.69, 9.17) is 15.0 Å². The molecule has 248 valence electrons. The molecule has 1 aromatic carbocycles. The number of rotatable bonds is 16. The third kappa shape index (κ3) is 8.64. The topological polar surface area (TPSA) is 158 Å². The van der Waals surface area contributed by atoms with Crippen LogP contribution in [0.2, 0.25) is 0 Å². The van der Waals surface area contributed by atoms with Gasteiger partial charge in [-0.1, -0.05) is 62.9 Å². The fourth-order valence-corrected chi connectivity index (χ4v) is 7.73. The van der Waals surface area contributed by atoms with E-state index in [1.165, 1.54) is 11.1 Å². The lowest BCUT2D eigenvalue weighted by Crippen LogP contribution is -2.65. The summed E-state index contributed by atoms with van der Waals surface area (Å²) in [6.45, 7) is 13.3. The number of guanidine groups is 1. The summed E-state index contributed by atoms with van der Waals surface area (Å²) in [6, 6.07) is 8.30. The SMILES string of the molecule is Cc1ccc(CCCC(=O)C[C@@H](CCCN=C(N)N[N+](=O)[O-])C(=O)N[C@@H](CC(C)C)B2O[C@@H]3C[C@@H]4C[C@@H](C4(C)C)[C@]3(C)O2)cc1. The number of aryl methyl sites for hydroxylation is 2. The number of hydrazine groups is 1. The number of carbonyl (C=O) groups excluding carboxylic acids is 2. The molecule has 4 aliphatic rings. The second-order valence-electron chi connectivity index (χ2n) is 14.6. The standard InChI is InChI=1S/C33H52BN5O6/c1-21(2)17-29(34-44-28-20-25-19-27(32(25,4)5)33(28,6)45-34)37-30(41)24(10-8-16-36-31(35)38-39(42)43)18-26(40)11-7-9-23-14-12-22(3)13-15-23/h12-15,21,24-25,27-29H,7-11,16-20H2,1-6H3,(H,37,41)(H3,35,36,38)/t24-,25+,27+,28-,29+,33+/m1/s1. The Hall–Kier alpha value is -2.99. The lowest BCUT2D eigenvalue weighted by Gasteiger charge is -2.64. The molecule has 5 rings (SSSR count). The van der Waals surface area contributed by atoms with Crippen LogP contribution in [0.4, 0.5) is 0 Å². The average Bonchev–Trinajstić information content (AvgIpc) is 3.32. The van der Waals surface area contributed by atoms with Gasteiger partial charge in [0, 0.05) is 25.3 Å². The van der Waals surface area contributed by atoms with Crippen LogP contribution in [0.15, 0.2) is 29.3 Å². The zero-order valence-corrected chi connectivity index (χ0v) is 27.8. The smallest absolute Gasteiger partial charge is 0.404 e. The molecule has 4 fully saturated rings.